The van der Waals surface area contributed by atoms with Gasteiger partial charge in [-0.3, -0.25) is 0 Å². The minimum absolute atomic E-state index is 0.794. The molecule has 3 N–H and O–H groups in total. The van der Waals surface area contributed by atoms with Crippen LogP contribution >= 0.6 is 0 Å². The number of allylic oxidation sites excluding steroid dienone is 1. The standard InChI is InChI=1S/C15H22N4/c1-12(2)17-10-6-5-9-16-11-15-18-13-7-3-4-8-14(13)19-15/h3-4,7-8,16-17H,1,5-6,9-11H2,2H3,(H,18,19). The average molecular weight is 258 g/mol. The Bertz CT molecular complexity index is 497. The molecular formula is C15H22N4. The largest absolute Gasteiger partial charge is 0.389 e. The predicted octanol–water partition coefficient (Wildman–Crippen LogP) is 2.56. The molecule has 102 valence electrons. The minimum atomic E-state index is 0.794. The molecule has 0 spiro atoms. The third-order valence-electron chi connectivity index (χ3n) is 2.94. The molecule has 0 fully saturated rings. The van der Waals surface area contributed by atoms with Crippen molar-refractivity contribution < 1.29 is 0 Å². The fourth-order valence-electron chi connectivity index (χ4n) is 1.97. The van der Waals surface area contributed by atoms with Crippen LogP contribution in [0.15, 0.2) is 36.5 Å². The highest BCUT2D eigenvalue weighted by Crippen LogP contribution is 2.09. The van der Waals surface area contributed by atoms with Gasteiger partial charge in [-0.25, -0.2) is 4.98 Å². The van der Waals surface area contributed by atoms with Crippen molar-refractivity contribution in [1.29, 1.82) is 0 Å². The van der Waals surface area contributed by atoms with Gasteiger partial charge in [-0.1, -0.05) is 18.7 Å². The highest BCUT2D eigenvalue weighted by Gasteiger charge is 2.00. The van der Waals surface area contributed by atoms with E-state index in [4.69, 9.17) is 0 Å². The van der Waals surface area contributed by atoms with Gasteiger partial charge in [-0.05, 0) is 38.4 Å². The normalized spacial score (nSPS) is 10.8. The Morgan fingerprint density at radius 3 is 2.84 bits per heavy atom. The monoisotopic (exact) mass is 258 g/mol. The second kappa shape index (κ2) is 6.95. The van der Waals surface area contributed by atoms with Crippen LogP contribution < -0.4 is 10.6 Å². The number of imidazole rings is 1. The Kier molecular flexibility index (Phi) is 4.98. The first-order chi connectivity index (χ1) is 9.25. The maximum Gasteiger partial charge on any atom is 0.121 e. The Labute approximate surface area is 114 Å². The molecule has 19 heavy (non-hydrogen) atoms. The molecule has 1 aromatic heterocycles. The highest BCUT2D eigenvalue weighted by atomic mass is 15.0. The van der Waals surface area contributed by atoms with Crippen LogP contribution in [-0.2, 0) is 6.54 Å². The van der Waals surface area contributed by atoms with E-state index in [1.54, 1.807) is 0 Å². The fraction of sp³-hybridized carbons (Fsp3) is 0.400. The zero-order valence-electron chi connectivity index (χ0n) is 11.5. The van der Waals surface area contributed by atoms with E-state index in [0.717, 1.165) is 55.0 Å². The number of aromatic amines is 1. The molecule has 0 aliphatic rings. The third kappa shape index (κ3) is 4.41. The first kappa shape index (κ1) is 13.6. The first-order valence-corrected chi connectivity index (χ1v) is 6.79. The van der Waals surface area contributed by atoms with Crippen molar-refractivity contribution in [3.63, 3.8) is 0 Å². The van der Waals surface area contributed by atoms with Crippen LogP contribution in [0.4, 0.5) is 0 Å². The summed E-state index contributed by atoms with van der Waals surface area (Å²) in [4.78, 5) is 7.84. The van der Waals surface area contributed by atoms with Gasteiger partial charge in [0, 0.05) is 12.2 Å². The van der Waals surface area contributed by atoms with Crippen LogP contribution in [0.3, 0.4) is 0 Å². The van der Waals surface area contributed by atoms with Crippen molar-refractivity contribution in [3.05, 3.63) is 42.4 Å². The lowest BCUT2D eigenvalue weighted by Crippen LogP contribution is -2.18. The lowest BCUT2D eigenvalue weighted by atomic mass is 10.3. The van der Waals surface area contributed by atoms with Crippen LogP contribution in [0, 0.1) is 0 Å². The molecule has 0 unspecified atom stereocenters. The Morgan fingerprint density at radius 2 is 2.05 bits per heavy atom. The fourth-order valence-corrected chi connectivity index (χ4v) is 1.97. The summed E-state index contributed by atoms with van der Waals surface area (Å²) in [6.07, 6.45) is 2.31. The average Bonchev–Trinajstić information content (AvgIpc) is 2.79. The number of H-pyrrole nitrogens is 1. The van der Waals surface area contributed by atoms with Crippen molar-refractivity contribution in [2.24, 2.45) is 0 Å². The maximum atomic E-state index is 4.53. The lowest BCUT2D eigenvalue weighted by Gasteiger charge is -2.05. The van der Waals surface area contributed by atoms with E-state index in [0.29, 0.717) is 0 Å². The van der Waals surface area contributed by atoms with Crippen LogP contribution in [0.25, 0.3) is 11.0 Å². The number of nitrogens with one attached hydrogen (secondary N) is 3. The van der Waals surface area contributed by atoms with Crippen molar-refractivity contribution in [3.8, 4) is 0 Å². The predicted molar refractivity (Wildman–Crippen MR) is 79.9 cm³/mol. The molecule has 4 heteroatoms. The Hall–Kier alpha value is -1.81. The van der Waals surface area contributed by atoms with Crippen molar-refractivity contribution in [2.45, 2.75) is 26.3 Å². The number of nitrogens with zero attached hydrogens (tertiary/aromatic N) is 1. The molecule has 0 bridgehead atoms. The Morgan fingerprint density at radius 1 is 1.26 bits per heavy atom. The van der Waals surface area contributed by atoms with E-state index in [1.165, 1.54) is 0 Å². The van der Waals surface area contributed by atoms with Gasteiger partial charge in [0.15, 0.2) is 0 Å². The van der Waals surface area contributed by atoms with E-state index in [2.05, 4.69) is 33.2 Å². The van der Waals surface area contributed by atoms with Gasteiger partial charge in [0.1, 0.15) is 5.82 Å². The summed E-state index contributed by atoms with van der Waals surface area (Å²) in [5.41, 5.74) is 3.17. The summed E-state index contributed by atoms with van der Waals surface area (Å²) >= 11 is 0. The molecule has 1 aromatic carbocycles. The van der Waals surface area contributed by atoms with E-state index in [-0.39, 0.29) is 0 Å². The van der Waals surface area contributed by atoms with E-state index in [9.17, 15) is 0 Å². The minimum Gasteiger partial charge on any atom is -0.389 e. The molecule has 0 radical (unpaired) electrons. The Balaban J connectivity index is 1.64. The van der Waals surface area contributed by atoms with Gasteiger partial charge < -0.3 is 15.6 Å². The molecule has 0 aliphatic heterocycles. The molecule has 0 saturated carbocycles. The molecule has 0 saturated heterocycles. The summed E-state index contributed by atoms with van der Waals surface area (Å²) < 4.78 is 0. The lowest BCUT2D eigenvalue weighted by molar-refractivity contribution is 0.598. The molecule has 2 aromatic rings. The van der Waals surface area contributed by atoms with Gasteiger partial charge >= 0.3 is 0 Å². The summed E-state index contributed by atoms with van der Waals surface area (Å²) in [6.45, 7) is 8.60. The van der Waals surface area contributed by atoms with Crippen LogP contribution in [0.1, 0.15) is 25.6 Å². The number of benzene rings is 1. The molecule has 4 nitrogen and oxygen atoms in total. The van der Waals surface area contributed by atoms with Crippen molar-refractivity contribution in [2.75, 3.05) is 13.1 Å². The van der Waals surface area contributed by atoms with Gasteiger partial charge in [0.05, 0.1) is 17.6 Å². The smallest absolute Gasteiger partial charge is 0.121 e. The summed E-state index contributed by atoms with van der Waals surface area (Å²) in [6, 6.07) is 8.11. The second-order valence-electron chi connectivity index (χ2n) is 4.79. The van der Waals surface area contributed by atoms with Crippen molar-refractivity contribution >= 4 is 11.0 Å². The SMILES string of the molecule is C=C(C)NCCCCNCc1nc2ccccc2[nH]1. The number of aromatic nitrogens is 2. The quantitative estimate of drug-likeness (QED) is 0.638. The molecule has 0 aliphatic carbocycles. The number of fused-ring (bicyclic) bond motifs is 1. The molecule has 2 rings (SSSR count). The van der Waals surface area contributed by atoms with Crippen molar-refractivity contribution in [1.82, 2.24) is 20.6 Å². The number of rotatable bonds is 8. The zero-order valence-corrected chi connectivity index (χ0v) is 11.5. The van der Waals surface area contributed by atoms with Gasteiger partial charge in [0.25, 0.3) is 0 Å². The van der Waals surface area contributed by atoms with E-state index in [1.807, 2.05) is 25.1 Å². The highest BCUT2D eigenvalue weighted by molar-refractivity contribution is 5.74. The summed E-state index contributed by atoms with van der Waals surface area (Å²) in [5, 5.41) is 6.64. The van der Waals surface area contributed by atoms with Gasteiger partial charge in [-0.2, -0.15) is 0 Å². The van der Waals surface area contributed by atoms with Crippen LogP contribution in [0.5, 0.6) is 0 Å². The number of unbranched alkanes of at least 4 members (excludes halogenated alkanes) is 1. The van der Waals surface area contributed by atoms with Crippen LogP contribution in [0.2, 0.25) is 0 Å². The molecule has 0 amide bonds. The van der Waals surface area contributed by atoms with Gasteiger partial charge in [0.2, 0.25) is 0 Å². The maximum absolute atomic E-state index is 4.53. The topological polar surface area (TPSA) is 52.7 Å². The molecule has 0 atom stereocenters. The first-order valence-electron chi connectivity index (χ1n) is 6.79. The van der Waals surface area contributed by atoms with Crippen LogP contribution in [-0.4, -0.2) is 23.1 Å². The van der Waals surface area contributed by atoms with Gasteiger partial charge in [-0.15, -0.1) is 0 Å². The van der Waals surface area contributed by atoms with E-state index >= 15 is 0 Å². The summed E-state index contributed by atoms with van der Waals surface area (Å²) in [7, 11) is 0. The second-order valence-corrected chi connectivity index (χ2v) is 4.79. The van der Waals surface area contributed by atoms with E-state index < -0.39 is 0 Å². The number of hydrogen-bond acceptors (Lipinski definition) is 3. The molecule has 1 heterocycles. The molecular weight excluding hydrogens is 236 g/mol. The summed E-state index contributed by atoms with van der Waals surface area (Å²) in [5.74, 6) is 1.00. The zero-order chi connectivity index (χ0) is 13.5. The number of hydrogen-bond donors (Lipinski definition) is 3. The number of para-hydroxylation sites is 2. The third-order valence-corrected chi connectivity index (χ3v) is 2.94.